The molecule has 1 aromatic carbocycles. The van der Waals surface area contributed by atoms with Crippen molar-refractivity contribution in [1.82, 2.24) is 9.55 Å². The number of aromatic nitrogens is 2. The number of benzene rings is 1. The summed E-state index contributed by atoms with van der Waals surface area (Å²) >= 11 is 5.94. The Labute approximate surface area is 132 Å². The van der Waals surface area contributed by atoms with Gasteiger partial charge in [0.25, 0.3) is 5.56 Å². The molecule has 22 heavy (non-hydrogen) atoms. The zero-order chi connectivity index (χ0) is 15.9. The molecule has 0 aliphatic carbocycles. The van der Waals surface area contributed by atoms with Crippen molar-refractivity contribution in [2.45, 2.75) is 13.5 Å². The molecule has 0 bridgehead atoms. The minimum absolute atomic E-state index is 0.0940. The Morgan fingerprint density at radius 2 is 2.09 bits per heavy atom. The lowest BCUT2D eigenvalue weighted by atomic mass is 10.2. The molecular formula is C16H15ClN2O3. The third-order valence-corrected chi connectivity index (χ3v) is 3.01. The number of ether oxygens (including phenoxy) is 1. The maximum atomic E-state index is 12.3. The second-order valence-electron chi connectivity index (χ2n) is 4.45. The molecule has 0 spiro atoms. The first-order valence-corrected chi connectivity index (χ1v) is 7.13. The maximum Gasteiger partial charge on any atom is 0.330 e. The molecule has 114 valence electrons. The van der Waals surface area contributed by atoms with E-state index in [2.05, 4.69) is 4.98 Å². The van der Waals surface area contributed by atoms with Crippen LogP contribution in [0.1, 0.15) is 18.2 Å². The van der Waals surface area contributed by atoms with Gasteiger partial charge in [-0.15, -0.1) is 0 Å². The minimum atomic E-state index is -0.529. The molecule has 0 fully saturated rings. The van der Waals surface area contributed by atoms with E-state index in [1.807, 2.05) is 30.3 Å². The van der Waals surface area contributed by atoms with Gasteiger partial charge in [-0.05, 0) is 18.6 Å². The molecule has 2 rings (SSSR count). The van der Waals surface area contributed by atoms with Gasteiger partial charge in [0.1, 0.15) is 10.8 Å². The first-order chi connectivity index (χ1) is 10.6. The first-order valence-electron chi connectivity index (χ1n) is 6.76. The van der Waals surface area contributed by atoms with E-state index in [-0.39, 0.29) is 23.0 Å². The molecular weight excluding hydrogens is 304 g/mol. The SMILES string of the molecule is CCOC(=O)/C=C/c1nc(Cl)cn(Cc2ccccc2)c1=O. The van der Waals surface area contributed by atoms with Crippen molar-refractivity contribution >= 4 is 23.6 Å². The molecule has 0 aliphatic rings. The highest BCUT2D eigenvalue weighted by atomic mass is 35.5. The largest absolute Gasteiger partial charge is 0.463 e. The Morgan fingerprint density at radius 1 is 1.36 bits per heavy atom. The van der Waals surface area contributed by atoms with Crippen LogP contribution in [0.5, 0.6) is 0 Å². The summed E-state index contributed by atoms with van der Waals surface area (Å²) in [5.74, 6) is -0.529. The number of carbonyl (C=O) groups excluding carboxylic acids is 1. The molecule has 0 radical (unpaired) electrons. The summed E-state index contributed by atoms with van der Waals surface area (Å²) in [6.45, 7) is 2.35. The van der Waals surface area contributed by atoms with Crippen LogP contribution < -0.4 is 5.56 Å². The maximum absolute atomic E-state index is 12.3. The molecule has 0 saturated heterocycles. The molecule has 2 aromatic rings. The van der Waals surface area contributed by atoms with E-state index in [1.165, 1.54) is 16.8 Å². The van der Waals surface area contributed by atoms with Gasteiger partial charge in [0.15, 0.2) is 0 Å². The van der Waals surface area contributed by atoms with Crippen LogP contribution in [0.15, 0.2) is 47.4 Å². The minimum Gasteiger partial charge on any atom is -0.463 e. The summed E-state index contributed by atoms with van der Waals surface area (Å²) in [5.41, 5.74) is 0.734. The lowest BCUT2D eigenvalue weighted by Crippen LogP contribution is -2.23. The third-order valence-electron chi connectivity index (χ3n) is 2.83. The topological polar surface area (TPSA) is 61.2 Å². The highest BCUT2D eigenvalue weighted by Crippen LogP contribution is 2.06. The summed E-state index contributed by atoms with van der Waals surface area (Å²) in [6, 6.07) is 9.51. The third kappa shape index (κ3) is 4.30. The van der Waals surface area contributed by atoms with Gasteiger partial charge in [0.2, 0.25) is 0 Å². The van der Waals surface area contributed by atoms with E-state index in [0.717, 1.165) is 11.6 Å². The molecule has 1 aromatic heterocycles. The number of hydrogen-bond donors (Lipinski definition) is 0. The van der Waals surface area contributed by atoms with Crippen LogP contribution in [-0.4, -0.2) is 22.1 Å². The van der Waals surface area contributed by atoms with Crippen LogP contribution in [0.25, 0.3) is 6.08 Å². The fourth-order valence-electron chi connectivity index (χ4n) is 1.87. The summed E-state index contributed by atoms with van der Waals surface area (Å²) in [6.07, 6.45) is 3.95. The standard InChI is InChI=1S/C16H15ClN2O3/c1-2-22-15(20)9-8-13-16(21)19(11-14(17)18-13)10-12-6-4-3-5-7-12/h3-9,11H,2,10H2,1H3/b9-8+. The van der Waals surface area contributed by atoms with Gasteiger partial charge < -0.3 is 9.30 Å². The summed E-state index contributed by atoms with van der Waals surface area (Å²) < 4.78 is 6.22. The van der Waals surface area contributed by atoms with Crippen LogP contribution in [0, 0.1) is 0 Å². The molecule has 1 heterocycles. The van der Waals surface area contributed by atoms with E-state index >= 15 is 0 Å². The van der Waals surface area contributed by atoms with Gasteiger partial charge in [0, 0.05) is 12.3 Å². The molecule has 0 aliphatic heterocycles. The second kappa shape index (κ2) is 7.56. The quantitative estimate of drug-likeness (QED) is 0.628. The van der Waals surface area contributed by atoms with Gasteiger partial charge >= 0.3 is 5.97 Å². The van der Waals surface area contributed by atoms with Crippen molar-refractivity contribution in [3.63, 3.8) is 0 Å². The van der Waals surface area contributed by atoms with Crippen molar-refractivity contribution in [2.75, 3.05) is 6.61 Å². The van der Waals surface area contributed by atoms with Crippen molar-refractivity contribution < 1.29 is 9.53 Å². The van der Waals surface area contributed by atoms with Gasteiger partial charge in [-0.2, -0.15) is 0 Å². The fraction of sp³-hybridized carbons (Fsp3) is 0.188. The summed E-state index contributed by atoms with van der Waals surface area (Å²) in [4.78, 5) is 27.6. The van der Waals surface area contributed by atoms with Crippen molar-refractivity contribution in [3.8, 4) is 0 Å². The molecule has 0 unspecified atom stereocenters. The molecule has 0 N–H and O–H groups in total. The lowest BCUT2D eigenvalue weighted by molar-refractivity contribution is -0.137. The molecule has 0 saturated carbocycles. The highest BCUT2D eigenvalue weighted by molar-refractivity contribution is 6.29. The average molecular weight is 319 g/mol. The Hall–Kier alpha value is -2.40. The predicted molar refractivity (Wildman–Crippen MR) is 84.7 cm³/mol. The van der Waals surface area contributed by atoms with E-state index in [9.17, 15) is 9.59 Å². The van der Waals surface area contributed by atoms with Crippen molar-refractivity contribution in [1.29, 1.82) is 0 Å². The Kier molecular flexibility index (Phi) is 5.49. The number of rotatable bonds is 5. The Morgan fingerprint density at radius 3 is 2.77 bits per heavy atom. The van der Waals surface area contributed by atoms with E-state index < -0.39 is 5.97 Å². The lowest BCUT2D eigenvalue weighted by Gasteiger charge is -2.07. The number of nitrogens with zero attached hydrogens (tertiary/aromatic N) is 2. The predicted octanol–water partition coefficient (Wildman–Crippen LogP) is 2.52. The zero-order valence-electron chi connectivity index (χ0n) is 12.0. The molecule has 0 amide bonds. The van der Waals surface area contributed by atoms with Gasteiger partial charge in [0.05, 0.1) is 13.2 Å². The smallest absolute Gasteiger partial charge is 0.330 e. The van der Waals surface area contributed by atoms with Gasteiger partial charge in [-0.25, -0.2) is 9.78 Å². The van der Waals surface area contributed by atoms with Crippen LogP contribution in [-0.2, 0) is 16.1 Å². The summed E-state index contributed by atoms with van der Waals surface area (Å²) in [5, 5.41) is 0.180. The molecule has 0 atom stereocenters. The van der Waals surface area contributed by atoms with Crippen molar-refractivity contribution in [2.24, 2.45) is 0 Å². The van der Waals surface area contributed by atoms with Gasteiger partial charge in [-0.3, -0.25) is 4.79 Å². The van der Waals surface area contributed by atoms with E-state index in [4.69, 9.17) is 16.3 Å². The van der Waals surface area contributed by atoms with E-state index in [1.54, 1.807) is 6.92 Å². The monoisotopic (exact) mass is 318 g/mol. The number of esters is 1. The summed E-state index contributed by atoms with van der Waals surface area (Å²) in [7, 11) is 0. The molecule has 5 nitrogen and oxygen atoms in total. The van der Waals surface area contributed by atoms with Gasteiger partial charge in [-0.1, -0.05) is 41.9 Å². The highest BCUT2D eigenvalue weighted by Gasteiger charge is 2.07. The van der Waals surface area contributed by atoms with Crippen LogP contribution >= 0.6 is 11.6 Å². The second-order valence-corrected chi connectivity index (χ2v) is 4.84. The van der Waals surface area contributed by atoms with Crippen molar-refractivity contribution in [3.05, 3.63) is 69.4 Å². The molecule has 6 heteroatoms. The normalized spacial score (nSPS) is 10.8. The fourth-order valence-corrected chi connectivity index (χ4v) is 2.08. The van der Waals surface area contributed by atoms with E-state index in [0.29, 0.717) is 6.54 Å². The zero-order valence-corrected chi connectivity index (χ0v) is 12.8. The average Bonchev–Trinajstić information content (AvgIpc) is 2.50. The Bertz CT molecular complexity index is 739. The first kappa shape index (κ1) is 16.0. The van der Waals surface area contributed by atoms with Crippen LogP contribution in [0.2, 0.25) is 5.15 Å². The number of halogens is 1. The number of hydrogen-bond acceptors (Lipinski definition) is 4. The van der Waals surface area contributed by atoms with Crippen LogP contribution in [0.3, 0.4) is 0 Å². The Balaban J connectivity index is 2.29. The number of carbonyl (C=O) groups is 1. The van der Waals surface area contributed by atoms with Crippen LogP contribution in [0.4, 0.5) is 0 Å².